The van der Waals surface area contributed by atoms with Crippen LogP contribution in [0.5, 0.6) is 0 Å². The van der Waals surface area contributed by atoms with Crippen LogP contribution < -0.4 is 5.32 Å². The molecule has 2 rings (SSSR count). The first-order valence-electron chi connectivity index (χ1n) is 5.45. The molecule has 15 heavy (non-hydrogen) atoms. The Bertz CT molecular complexity index is 301. The molecule has 0 radical (unpaired) electrons. The van der Waals surface area contributed by atoms with E-state index in [9.17, 15) is 0 Å². The summed E-state index contributed by atoms with van der Waals surface area (Å²) < 4.78 is 7.28. The van der Waals surface area contributed by atoms with Crippen LogP contribution >= 0.6 is 22.6 Å². The Kier molecular flexibility index (Phi) is 4.26. The first-order valence-corrected chi connectivity index (χ1v) is 6.53. The number of rotatable bonds is 2. The summed E-state index contributed by atoms with van der Waals surface area (Å²) in [5.74, 6) is 0.996. The highest BCUT2D eigenvalue weighted by Crippen LogP contribution is 2.19. The molecule has 0 amide bonds. The fraction of sp³-hybridized carbons (Fsp3) is 0.500. The minimum atomic E-state index is 0.346. The lowest BCUT2D eigenvalue weighted by molar-refractivity contribution is 0.101. The normalized spacial score (nSPS) is 26.6. The van der Waals surface area contributed by atoms with Crippen LogP contribution in [0, 0.1) is 0 Å². The van der Waals surface area contributed by atoms with E-state index in [4.69, 9.17) is 4.74 Å². The smallest absolute Gasteiger partial charge is 0.119 e. The molecule has 0 saturated carbocycles. The second-order valence-electron chi connectivity index (χ2n) is 3.88. The third-order valence-electron chi connectivity index (χ3n) is 2.58. The molecule has 0 aromatic rings. The average molecular weight is 317 g/mol. The van der Waals surface area contributed by atoms with Gasteiger partial charge in [0.2, 0.25) is 0 Å². The van der Waals surface area contributed by atoms with Gasteiger partial charge in [0.05, 0.1) is 0 Å². The third-order valence-corrected chi connectivity index (χ3v) is 3.38. The summed E-state index contributed by atoms with van der Waals surface area (Å²) in [6.45, 7) is 2.11. The van der Waals surface area contributed by atoms with Crippen molar-refractivity contribution in [1.29, 1.82) is 0 Å². The molecule has 0 bridgehead atoms. The van der Waals surface area contributed by atoms with E-state index < -0.39 is 0 Å². The second-order valence-corrected chi connectivity index (χ2v) is 5.26. The molecule has 3 heteroatoms. The first-order chi connectivity index (χ1) is 7.34. The molecule has 0 aromatic carbocycles. The highest BCUT2D eigenvalue weighted by Gasteiger charge is 2.14. The lowest BCUT2D eigenvalue weighted by atomic mass is 10.1. The number of hydrogen-bond acceptors (Lipinski definition) is 2. The molecule has 1 aliphatic carbocycles. The van der Waals surface area contributed by atoms with Crippen LogP contribution in [0.25, 0.3) is 0 Å². The Morgan fingerprint density at radius 2 is 2.33 bits per heavy atom. The van der Waals surface area contributed by atoms with Gasteiger partial charge in [-0.15, -0.1) is 0 Å². The number of piperidine rings is 1. The largest absolute Gasteiger partial charge is 0.489 e. The molecule has 1 N–H and O–H groups in total. The molecule has 1 atom stereocenters. The van der Waals surface area contributed by atoms with E-state index >= 15 is 0 Å². The summed E-state index contributed by atoms with van der Waals surface area (Å²) in [4.78, 5) is 0. The molecule has 1 aliphatic heterocycles. The van der Waals surface area contributed by atoms with Gasteiger partial charge in [-0.3, -0.25) is 0 Å². The second kappa shape index (κ2) is 5.70. The zero-order valence-corrected chi connectivity index (χ0v) is 10.9. The Morgan fingerprint density at radius 1 is 1.40 bits per heavy atom. The molecule has 2 aliphatic rings. The van der Waals surface area contributed by atoms with Gasteiger partial charge >= 0.3 is 0 Å². The van der Waals surface area contributed by atoms with Crippen molar-refractivity contribution in [2.24, 2.45) is 0 Å². The van der Waals surface area contributed by atoms with Crippen molar-refractivity contribution in [1.82, 2.24) is 5.32 Å². The van der Waals surface area contributed by atoms with Gasteiger partial charge in [-0.1, -0.05) is 6.08 Å². The average Bonchev–Trinajstić information content (AvgIpc) is 2.46. The summed E-state index contributed by atoms with van der Waals surface area (Å²) in [5, 5.41) is 3.36. The van der Waals surface area contributed by atoms with Gasteiger partial charge in [0, 0.05) is 6.54 Å². The van der Waals surface area contributed by atoms with E-state index in [-0.39, 0.29) is 0 Å². The van der Waals surface area contributed by atoms with Crippen LogP contribution in [0.15, 0.2) is 33.6 Å². The van der Waals surface area contributed by atoms with Crippen molar-refractivity contribution < 1.29 is 4.74 Å². The Hall–Kier alpha value is -0.290. The van der Waals surface area contributed by atoms with Crippen LogP contribution in [0.1, 0.15) is 19.3 Å². The third kappa shape index (κ3) is 3.65. The first kappa shape index (κ1) is 11.2. The van der Waals surface area contributed by atoms with Crippen molar-refractivity contribution in [2.45, 2.75) is 25.4 Å². The highest BCUT2D eigenvalue weighted by atomic mass is 127. The molecule has 0 unspecified atom stereocenters. The zero-order chi connectivity index (χ0) is 10.5. The maximum atomic E-state index is 5.92. The summed E-state index contributed by atoms with van der Waals surface area (Å²) in [7, 11) is 0. The van der Waals surface area contributed by atoms with E-state index in [1.807, 2.05) is 0 Å². The highest BCUT2D eigenvalue weighted by molar-refractivity contribution is 14.1. The molecular formula is C12H16INO. The molecule has 2 nitrogen and oxygen atoms in total. The van der Waals surface area contributed by atoms with Crippen LogP contribution in [-0.2, 0) is 4.74 Å². The van der Waals surface area contributed by atoms with E-state index in [0.29, 0.717) is 6.10 Å². The van der Waals surface area contributed by atoms with Crippen LogP contribution in [-0.4, -0.2) is 19.2 Å². The molecule has 1 saturated heterocycles. The molecule has 0 spiro atoms. The number of hydrogen-bond donors (Lipinski definition) is 1. The maximum Gasteiger partial charge on any atom is 0.119 e. The van der Waals surface area contributed by atoms with Crippen molar-refractivity contribution in [3.63, 3.8) is 0 Å². The van der Waals surface area contributed by atoms with E-state index in [1.54, 1.807) is 0 Å². The van der Waals surface area contributed by atoms with Crippen molar-refractivity contribution >= 4 is 22.6 Å². The Balaban J connectivity index is 1.92. The van der Waals surface area contributed by atoms with E-state index in [2.05, 4.69) is 52.2 Å². The van der Waals surface area contributed by atoms with Crippen LogP contribution in [0.4, 0.5) is 0 Å². The molecule has 82 valence electrons. The van der Waals surface area contributed by atoms with Gasteiger partial charge in [0.25, 0.3) is 0 Å². The monoisotopic (exact) mass is 317 g/mol. The van der Waals surface area contributed by atoms with Gasteiger partial charge in [0.15, 0.2) is 0 Å². The van der Waals surface area contributed by atoms with Gasteiger partial charge in [-0.2, -0.15) is 0 Å². The maximum absolute atomic E-state index is 5.92. The molecular weight excluding hydrogens is 301 g/mol. The number of ether oxygens (including phenoxy) is 1. The Morgan fingerprint density at radius 3 is 3.13 bits per heavy atom. The molecule has 1 heterocycles. The van der Waals surface area contributed by atoms with Gasteiger partial charge in [-0.25, -0.2) is 0 Å². The SMILES string of the molecule is IC1=CC=C(O[C@H]2CCCNC2)C=CC1. The molecule has 1 fully saturated rings. The van der Waals surface area contributed by atoms with Gasteiger partial charge < -0.3 is 10.1 Å². The van der Waals surface area contributed by atoms with Crippen LogP contribution in [0.3, 0.4) is 0 Å². The number of halogens is 1. The standard InChI is InChI=1S/C12H16INO/c13-10-3-1-4-11(7-6-10)15-12-5-2-8-14-9-12/h1,4,6-7,12,14H,2-3,5,8-9H2/t12-/m0/s1. The predicted molar refractivity (Wildman–Crippen MR) is 70.9 cm³/mol. The lowest BCUT2D eigenvalue weighted by Gasteiger charge is -2.24. The minimum absolute atomic E-state index is 0.346. The fourth-order valence-corrected chi connectivity index (χ4v) is 2.21. The van der Waals surface area contributed by atoms with Gasteiger partial charge in [-0.05, 0) is 70.2 Å². The number of nitrogens with one attached hydrogen (secondary N) is 1. The lowest BCUT2D eigenvalue weighted by Crippen LogP contribution is -2.35. The summed E-state index contributed by atoms with van der Waals surface area (Å²) in [6, 6.07) is 0. The van der Waals surface area contributed by atoms with Crippen molar-refractivity contribution in [3.05, 3.63) is 33.6 Å². The fourth-order valence-electron chi connectivity index (χ4n) is 1.78. The van der Waals surface area contributed by atoms with Crippen molar-refractivity contribution in [3.8, 4) is 0 Å². The van der Waals surface area contributed by atoms with Crippen LogP contribution in [0.2, 0.25) is 0 Å². The van der Waals surface area contributed by atoms with Crippen molar-refractivity contribution in [2.75, 3.05) is 13.1 Å². The topological polar surface area (TPSA) is 21.3 Å². The zero-order valence-electron chi connectivity index (χ0n) is 8.71. The quantitative estimate of drug-likeness (QED) is 0.791. The van der Waals surface area contributed by atoms with Gasteiger partial charge in [0.1, 0.15) is 11.9 Å². The predicted octanol–water partition coefficient (Wildman–Crippen LogP) is 2.92. The van der Waals surface area contributed by atoms with E-state index in [1.165, 1.54) is 16.4 Å². The van der Waals surface area contributed by atoms with E-state index in [0.717, 1.165) is 25.3 Å². The molecule has 0 aromatic heterocycles. The summed E-state index contributed by atoms with van der Waals surface area (Å²) in [6.07, 6.45) is 12.2. The summed E-state index contributed by atoms with van der Waals surface area (Å²) >= 11 is 2.36. The Labute approximate surface area is 105 Å². The summed E-state index contributed by atoms with van der Waals surface area (Å²) in [5.41, 5.74) is 0. The minimum Gasteiger partial charge on any atom is -0.489 e. The number of allylic oxidation sites excluding steroid dienone is 5.